The van der Waals surface area contributed by atoms with E-state index in [0.717, 1.165) is 12.8 Å². The molecule has 2 atom stereocenters. The molecule has 9 heteroatoms. The molecule has 4 nitrogen and oxygen atoms in total. The van der Waals surface area contributed by atoms with Crippen molar-refractivity contribution in [2.24, 2.45) is 11.8 Å². The summed E-state index contributed by atoms with van der Waals surface area (Å²) in [6.07, 6.45) is 1.39. The van der Waals surface area contributed by atoms with Crippen LogP contribution in [0.1, 0.15) is 30.7 Å². The Balaban J connectivity index is 0.00000109. The molecule has 1 aliphatic heterocycles. The van der Waals surface area contributed by atoms with Gasteiger partial charge in [0.15, 0.2) is 5.82 Å². The fourth-order valence-corrected chi connectivity index (χ4v) is 3.28. The minimum absolute atomic E-state index is 0.0531. The molecule has 4 rings (SSSR count). The summed E-state index contributed by atoms with van der Waals surface area (Å²) in [5.41, 5.74) is 1.13. The van der Waals surface area contributed by atoms with E-state index in [9.17, 15) is 26.7 Å². The van der Waals surface area contributed by atoms with Crippen molar-refractivity contribution < 1.29 is 26.7 Å². The zero-order chi connectivity index (χ0) is 20.5. The minimum Gasteiger partial charge on any atom is -0.344 e. The molecule has 1 aliphatic carbocycles. The van der Waals surface area contributed by atoms with E-state index in [0.29, 0.717) is 30.0 Å². The number of allylic oxidation sites excluding steroid dienone is 1. The topological polar surface area (TPSA) is 57.8 Å². The molecule has 152 valence electrons. The maximum absolute atomic E-state index is 14.3. The Morgan fingerprint density at radius 3 is 2.57 bits per heavy atom. The van der Waals surface area contributed by atoms with Crippen LogP contribution in [0.5, 0.6) is 0 Å². The minimum atomic E-state index is -4.47. The first-order valence-electron chi connectivity index (χ1n) is 8.91. The van der Waals surface area contributed by atoms with Crippen molar-refractivity contribution in [3.63, 3.8) is 0 Å². The van der Waals surface area contributed by atoms with E-state index in [4.69, 9.17) is 0 Å². The SMILES string of the molecule is CF.O=C1NC(C(F)(F)F)CC1Cc1cc(F)c2nc(/C=C\C3CC3)[nH]c2c1. The standard InChI is InChI=1S/C18H17F4N3O.CH3F/c19-12-6-10(5-11-8-14(18(20,21)22)24-17(11)26)7-13-16(12)25-15(23-13)4-3-9-1-2-9;1-2/h3-4,6-7,9,11,14H,1-2,5,8H2,(H,23,25)(H,24,26);1H3/b4-3-;. The van der Waals surface area contributed by atoms with Crippen molar-refractivity contribution >= 4 is 23.0 Å². The van der Waals surface area contributed by atoms with Crippen molar-refractivity contribution in [2.75, 3.05) is 7.18 Å². The Kier molecular flexibility index (Phi) is 5.71. The van der Waals surface area contributed by atoms with Gasteiger partial charge in [-0.25, -0.2) is 9.37 Å². The highest BCUT2D eigenvalue weighted by Gasteiger charge is 2.47. The lowest BCUT2D eigenvalue weighted by molar-refractivity contribution is -0.154. The number of carbonyl (C=O) groups is 1. The zero-order valence-corrected chi connectivity index (χ0v) is 15.1. The third-order valence-electron chi connectivity index (χ3n) is 4.85. The van der Waals surface area contributed by atoms with Crippen molar-refractivity contribution in [1.82, 2.24) is 15.3 Å². The molecule has 2 aliphatic rings. The second-order valence-electron chi connectivity index (χ2n) is 7.03. The Hall–Kier alpha value is -2.45. The van der Waals surface area contributed by atoms with Crippen LogP contribution in [0.25, 0.3) is 17.1 Å². The lowest BCUT2D eigenvalue weighted by Crippen LogP contribution is -2.38. The van der Waals surface area contributed by atoms with E-state index < -0.39 is 29.9 Å². The molecule has 2 fully saturated rings. The molecule has 1 saturated heterocycles. The van der Waals surface area contributed by atoms with Gasteiger partial charge in [0.05, 0.1) is 12.7 Å². The highest BCUT2D eigenvalue weighted by atomic mass is 19.4. The second kappa shape index (κ2) is 7.89. The Morgan fingerprint density at radius 2 is 1.96 bits per heavy atom. The van der Waals surface area contributed by atoms with Crippen LogP contribution in [0.15, 0.2) is 18.2 Å². The van der Waals surface area contributed by atoms with E-state index in [-0.39, 0.29) is 18.4 Å². The van der Waals surface area contributed by atoms with Gasteiger partial charge in [-0.3, -0.25) is 9.18 Å². The molecule has 1 aromatic carbocycles. The molecule has 1 saturated carbocycles. The molecule has 2 aromatic rings. The van der Waals surface area contributed by atoms with Crippen molar-refractivity contribution in [3.05, 3.63) is 35.4 Å². The van der Waals surface area contributed by atoms with Crippen LogP contribution in [0, 0.1) is 17.7 Å². The van der Waals surface area contributed by atoms with Gasteiger partial charge < -0.3 is 10.3 Å². The van der Waals surface area contributed by atoms with E-state index in [1.54, 1.807) is 6.07 Å². The number of aromatic amines is 1. The van der Waals surface area contributed by atoms with Crippen LogP contribution in [0.2, 0.25) is 0 Å². The average molecular weight is 401 g/mol. The van der Waals surface area contributed by atoms with Gasteiger partial charge in [0.25, 0.3) is 0 Å². The molecular formula is C19H20F5N3O. The van der Waals surface area contributed by atoms with Crippen LogP contribution < -0.4 is 5.32 Å². The molecule has 2 unspecified atom stereocenters. The van der Waals surface area contributed by atoms with Crippen LogP contribution >= 0.6 is 0 Å². The number of hydrogen-bond donors (Lipinski definition) is 2. The summed E-state index contributed by atoms with van der Waals surface area (Å²) < 4.78 is 62.1. The molecule has 1 amide bonds. The number of hydrogen-bond acceptors (Lipinski definition) is 2. The molecule has 28 heavy (non-hydrogen) atoms. The summed E-state index contributed by atoms with van der Waals surface area (Å²) in [6.45, 7) is 0. The van der Waals surface area contributed by atoms with Gasteiger partial charge in [0.1, 0.15) is 17.4 Å². The van der Waals surface area contributed by atoms with Gasteiger partial charge in [-0.15, -0.1) is 0 Å². The van der Waals surface area contributed by atoms with Gasteiger partial charge in [0.2, 0.25) is 5.91 Å². The van der Waals surface area contributed by atoms with Crippen molar-refractivity contribution in [3.8, 4) is 0 Å². The molecule has 0 bridgehead atoms. The average Bonchev–Trinajstić information content (AvgIpc) is 3.26. The number of halogens is 5. The fourth-order valence-electron chi connectivity index (χ4n) is 3.28. The maximum atomic E-state index is 14.3. The second-order valence-corrected chi connectivity index (χ2v) is 7.03. The van der Waals surface area contributed by atoms with Crippen LogP contribution in [-0.2, 0) is 11.2 Å². The normalized spacial score (nSPS) is 22.4. The third kappa shape index (κ3) is 4.51. The van der Waals surface area contributed by atoms with E-state index in [1.165, 1.54) is 6.07 Å². The largest absolute Gasteiger partial charge is 0.408 e. The van der Waals surface area contributed by atoms with E-state index in [2.05, 4.69) is 9.97 Å². The molecule has 1 aromatic heterocycles. The number of benzene rings is 1. The number of H-pyrrole nitrogens is 1. The summed E-state index contributed by atoms with van der Waals surface area (Å²) >= 11 is 0. The molecule has 0 spiro atoms. The van der Waals surface area contributed by atoms with Crippen LogP contribution in [0.4, 0.5) is 22.0 Å². The lowest BCUT2D eigenvalue weighted by atomic mass is 9.95. The number of aromatic nitrogens is 2. The summed E-state index contributed by atoms with van der Waals surface area (Å²) in [7, 11) is 0.500. The number of nitrogens with zero attached hydrogens (tertiary/aromatic N) is 1. The molecule has 0 radical (unpaired) electrons. The highest BCUT2D eigenvalue weighted by Crippen LogP contribution is 2.32. The predicted octanol–water partition coefficient (Wildman–Crippen LogP) is 4.32. The predicted molar refractivity (Wildman–Crippen MR) is 94.6 cm³/mol. The van der Waals surface area contributed by atoms with Gasteiger partial charge in [-0.2, -0.15) is 13.2 Å². The number of alkyl halides is 4. The Labute approximate surface area is 158 Å². The molecular weight excluding hydrogens is 381 g/mol. The highest BCUT2D eigenvalue weighted by molar-refractivity contribution is 5.82. The fraction of sp³-hybridized carbons (Fsp3) is 0.474. The van der Waals surface area contributed by atoms with Gasteiger partial charge in [-0.1, -0.05) is 6.08 Å². The lowest BCUT2D eigenvalue weighted by Gasteiger charge is -2.13. The van der Waals surface area contributed by atoms with Gasteiger partial charge >= 0.3 is 6.18 Å². The zero-order valence-electron chi connectivity index (χ0n) is 15.1. The Morgan fingerprint density at radius 1 is 1.25 bits per heavy atom. The quantitative estimate of drug-likeness (QED) is 0.750. The van der Waals surface area contributed by atoms with Gasteiger partial charge in [-0.05, 0) is 55.4 Å². The van der Waals surface area contributed by atoms with Crippen molar-refractivity contribution in [1.29, 1.82) is 0 Å². The smallest absolute Gasteiger partial charge is 0.344 e. The number of rotatable bonds is 4. The number of carbonyl (C=O) groups excluding carboxylic acids is 1. The first-order chi connectivity index (χ1) is 13.3. The first-order valence-corrected chi connectivity index (χ1v) is 8.91. The summed E-state index contributed by atoms with van der Waals surface area (Å²) in [5, 5.41) is 1.97. The molecule has 2 heterocycles. The van der Waals surface area contributed by atoms with Gasteiger partial charge in [0, 0.05) is 5.92 Å². The molecule has 2 N–H and O–H groups in total. The Bertz CT molecular complexity index is 886. The number of imidazole rings is 1. The third-order valence-corrected chi connectivity index (χ3v) is 4.85. The number of fused-ring (bicyclic) bond motifs is 1. The summed E-state index contributed by atoms with van der Waals surface area (Å²) in [4.78, 5) is 19.0. The summed E-state index contributed by atoms with van der Waals surface area (Å²) in [5.74, 6) is -0.920. The summed E-state index contributed by atoms with van der Waals surface area (Å²) in [6, 6.07) is 1.06. The maximum Gasteiger partial charge on any atom is 0.408 e. The number of nitrogens with one attached hydrogen (secondary N) is 2. The van der Waals surface area contributed by atoms with Crippen LogP contribution in [-0.4, -0.2) is 35.3 Å². The van der Waals surface area contributed by atoms with Crippen LogP contribution in [0.3, 0.4) is 0 Å². The number of amides is 1. The van der Waals surface area contributed by atoms with E-state index >= 15 is 0 Å². The van der Waals surface area contributed by atoms with E-state index in [1.807, 2.05) is 17.5 Å². The van der Waals surface area contributed by atoms with Crippen molar-refractivity contribution in [2.45, 2.75) is 37.9 Å². The monoisotopic (exact) mass is 401 g/mol. The first kappa shape index (κ1) is 20.3.